The molecule has 0 unspecified atom stereocenters. The number of amides is 1. The number of nitrogens with two attached hydrogens (primary N) is 1. The molecule has 1 heterocycles. The van der Waals surface area contributed by atoms with Gasteiger partial charge in [-0.25, -0.2) is 9.59 Å². The van der Waals surface area contributed by atoms with Crippen molar-refractivity contribution in [2.24, 2.45) is 5.73 Å². The van der Waals surface area contributed by atoms with Crippen molar-refractivity contribution in [2.45, 2.75) is 65.2 Å². The van der Waals surface area contributed by atoms with Gasteiger partial charge in [0.1, 0.15) is 0 Å². The summed E-state index contributed by atoms with van der Waals surface area (Å²) in [5.41, 5.74) is 5.27. The first kappa shape index (κ1) is 30.2. The van der Waals surface area contributed by atoms with E-state index in [1.54, 1.807) is 0 Å². The summed E-state index contributed by atoms with van der Waals surface area (Å²) in [4.78, 5) is 46.7. The average molecular weight is 399 g/mol. The second kappa shape index (κ2) is 26.7. The van der Waals surface area contributed by atoms with Crippen LogP contribution >= 0.6 is 0 Å². The monoisotopic (exact) mass is 398 g/mol. The first-order valence-corrected chi connectivity index (χ1v) is 9.46. The number of nitrogens with one attached hydrogen (secondary N) is 1. The molecule has 0 radical (unpaired) electrons. The first-order chi connectivity index (χ1) is 13.4. The van der Waals surface area contributed by atoms with Crippen LogP contribution in [-0.4, -0.2) is 37.1 Å². The number of carbonyl (C=O) groups is 3. The Kier molecular flexibility index (Phi) is 28.7. The van der Waals surface area contributed by atoms with E-state index in [1.165, 1.54) is 51.0 Å². The van der Waals surface area contributed by atoms with E-state index < -0.39 is 11.9 Å². The summed E-state index contributed by atoms with van der Waals surface area (Å²) in [6, 6.07) is 0. The SMILES string of the molecule is C=CC(=O)NCCCCCC.CCCCCCN.O=C1C=CC(=O)O1.O=C=O. The van der Waals surface area contributed by atoms with Crippen molar-refractivity contribution in [3.8, 4) is 0 Å². The molecular formula is C20H34N2O6. The lowest BCUT2D eigenvalue weighted by Crippen LogP contribution is -2.21. The molecular weight excluding hydrogens is 364 g/mol. The molecule has 0 fully saturated rings. The van der Waals surface area contributed by atoms with Crippen LogP contribution in [0.4, 0.5) is 0 Å². The topological polar surface area (TPSA) is 133 Å². The van der Waals surface area contributed by atoms with Crippen LogP contribution in [0.1, 0.15) is 65.2 Å². The molecule has 0 aliphatic carbocycles. The van der Waals surface area contributed by atoms with Crippen LogP contribution in [0.25, 0.3) is 0 Å². The zero-order chi connectivity index (χ0) is 22.0. The highest BCUT2D eigenvalue weighted by molar-refractivity contribution is 6.04. The van der Waals surface area contributed by atoms with E-state index in [0.717, 1.165) is 31.7 Å². The summed E-state index contributed by atoms with van der Waals surface area (Å²) in [5.74, 6) is -1.23. The number of esters is 2. The lowest BCUT2D eigenvalue weighted by atomic mass is 10.2. The quantitative estimate of drug-likeness (QED) is 0.250. The molecule has 8 nitrogen and oxygen atoms in total. The molecule has 28 heavy (non-hydrogen) atoms. The minimum absolute atomic E-state index is 0.0681. The highest BCUT2D eigenvalue weighted by Crippen LogP contribution is 1.97. The Morgan fingerprint density at radius 3 is 1.82 bits per heavy atom. The summed E-state index contributed by atoms with van der Waals surface area (Å²) >= 11 is 0. The molecule has 0 saturated heterocycles. The number of ether oxygens (including phenoxy) is 1. The van der Waals surface area contributed by atoms with Crippen molar-refractivity contribution in [1.29, 1.82) is 0 Å². The Balaban J connectivity index is -0.000000322. The van der Waals surface area contributed by atoms with E-state index in [4.69, 9.17) is 15.3 Å². The van der Waals surface area contributed by atoms with E-state index in [1.807, 2.05) is 0 Å². The van der Waals surface area contributed by atoms with Gasteiger partial charge in [0.15, 0.2) is 0 Å². The highest BCUT2D eigenvalue weighted by atomic mass is 16.6. The van der Waals surface area contributed by atoms with Gasteiger partial charge in [0, 0.05) is 18.7 Å². The summed E-state index contributed by atoms with van der Waals surface area (Å²) < 4.78 is 3.97. The molecule has 0 bridgehead atoms. The standard InChI is InChI=1S/C9H17NO.C6H15N.C4H2O3.CO2/c1-3-5-6-7-8-10-9(11)4-2;1-2-3-4-5-6-7;5-3-1-2-4(6)7-3;2-1-3/h4H,2-3,5-8H2,1H3,(H,10,11);2-7H2,1H3;1-2H;. The van der Waals surface area contributed by atoms with Crippen molar-refractivity contribution < 1.29 is 28.7 Å². The van der Waals surface area contributed by atoms with E-state index in [2.05, 4.69) is 30.5 Å². The van der Waals surface area contributed by atoms with Gasteiger partial charge in [0.2, 0.25) is 5.91 Å². The predicted octanol–water partition coefficient (Wildman–Crippen LogP) is 2.44. The molecule has 1 aliphatic rings. The number of unbranched alkanes of at least 4 members (excludes halogenated alkanes) is 6. The van der Waals surface area contributed by atoms with Crippen molar-refractivity contribution in [3.05, 3.63) is 24.8 Å². The summed E-state index contributed by atoms with van der Waals surface area (Å²) in [6.45, 7) is 9.38. The molecule has 0 aromatic rings. The third-order valence-electron chi connectivity index (χ3n) is 3.13. The van der Waals surface area contributed by atoms with Crippen LogP contribution < -0.4 is 11.1 Å². The van der Waals surface area contributed by atoms with Gasteiger partial charge in [-0.3, -0.25) is 4.79 Å². The normalized spacial score (nSPS) is 10.7. The molecule has 8 heteroatoms. The van der Waals surface area contributed by atoms with Gasteiger partial charge in [0.25, 0.3) is 0 Å². The fourth-order valence-corrected chi connectivity index (χ4v) is 1.71. The summed E-state index contributed by atoms with van der Waals surface area (Å²) in [7, 11) is 0. The van der Waals surface area contributed by atoms with Gasteiger partial charge in [-0.15, -0.1) is 0 Å². The van der Waals surface area contributed by atoms with Crippen LogP contribution in [0.5, 0.6) is 0 Å². The molecule has 0 saturated carbocycles. The lowest BCUT2D eigenvalue weighted by molar-refractivity contribution is -0.191. The second-order valence-corrected chi connectivity index (χ2v) is 5.56. The Hall–Kier alpha value is -2.57. The molecule has 1 amide bonds. The maximum Gasteiger partial charge on any atom is 0.373 e. The van der Waals surface area contributed by atoms with Gasteiger partial charge in [-0.05, 0) is 25.5 Å². The Morgan fingerprint density at radius 2 is 1.50 bits per heavy atom. The van der Waals surface area contributed by atoms with Crippen LogP contribution in [0, 0.1) is 0 Å². The maximum absolute atomic E-state index is 10.6. The zero-order valence-electron chi connectivity index (χ0n) is 17.0. The van der Waals surface area contributed by atoms with Gasteiger partial charge >= 0.3 is 18.1 Å². The fourth-order valence-electron chi connectivity index (χ4n) is 1.71. The number of carbonyl (C=O) groups excluding carboxylic acids is 5. The lowest BCUT2D eigenvalue weighted by Gasteiger charge is -2.00. The Labute approximate surface area is 167 Å². The number of rotatable bonds is 10. The minimum atomic E-state index is -0.579. The molecule has 1 aliphatic heterocycles. The highest BCUT2D eigenvalue weighted by Gasteiger charge is 2.10. The minimum Gasteiger partial charge on any atom is -0.387 e. The smallest absolute Gasteiger partial charge is 0.373 e. The van der Waals surface area contributed by atoms with E-state index in [9.17, 15) is 14.4 Å². The van der Waals surface area contributed by atoms with Gasteiger partial charge in [0.05, 0.1) is 0 Å². The maximum atomic E-state index is 10.6. The van der Waals surface area contributed by atoms with Crippen LogP contribution in [0.2, 0.25) is 0 Å². The second-order valence-electron chi connectivity index (χ2n) is 5.56. The molecule has 0 aromatic heterocycles. The molecule has 3 N–H and O–H groups in total. The Morgan fingerprint density at radius 1 is 1.04 bits per heavy atom. The van der Waals surface area contributed by atoms with Crippen LogP contribution in [-0.2, 0) is 28.7 Å². The average Bonchev–Trinajstić information content (AvgIpc) is 3.06. The predicted molar refractivity (Wildman–Crippen MR) is 106 cm³/mol. The number of hydrogen-bond acceptors (Lipinski definition) is 7. The largest absolute Gasteiger partial charge is 0.387 e. The van der Waals surface area contributed by atoms with E-state index in [-0.39, 0.29) is 12.1 Å². The van der Waals surface area contributed by atoms with Crippen LogP contribution in [0.3, 0.4) is 0 Å². The zero-order valence-corrected chi connectivity index (χ0v) is 17.0. The third kappa shape index (κ3) is 31.2. The van der Waals surface area contributed by atoms with Crippen molar-refractivity contribution in [3.63, 3.8) is 0 Å². The molecule has 0 atom stereocenters. The summed E-state index contributed by atoms with van der Waals surface area (Å²) in [5, 5.41) is 2.73. The molecule has 160 valence electrons. The molecule has 0 spiro atoms. The van der Waals surface area contributed by atoms with Gasteiger partial charge in [-0.1, -0.05) is 59.0 Å². The van der Waals surface area contributed by atoms with Crippen molar-refractivity contribution >= 4 is 24.0 Å². The molecule has 1 rings (SSSR count). The van der Waals surface area contributed by atoms with Crippen molar-refractivity contribution in [1.82, 2.24) is 5.32 Å². The Bertz CT molecular complexity index is 463. The van der Waals surface area contributed by atoms with Crippen molar-refractivity contribution in [2.75, 3.05) is 13.1 Å². The number of cyclic esters (lactones) is 2. The molecule has 0 aromatic carbocycles. The summed E-state index contributed by atoms with van der Waals surface area (Å²) in [6.07, 6.45) is 13.7. The van der Waals surface area contributed by atoms with Crippen LogP contribution in [0.15, 0.2) is 24.8 Å². The van der Waals surface area contributed by atoms with E-state index in [0.29, 0.717) is 0 Å². The van der Waals surface area contributed by atoms with E-state index >= 15 is 0 Å². The van der Waals surface area contributed by atoms with Gasteiger partial charge in [-0.2, -0.15) is 9.59 Å². The third-order valence-corrected chi connectivity index (χ3v) is 3.13. The first-order valence-electron chi connectivity index (χ1n) is 9.46. The number of hydrogen-bond donors (Lipinski definition) is 2. The van der Waals surface area contributed by atoms with Gasteiger partial charge < -0.3 is 15.8 Å². The fraction of sp³-hybridized carbons (Fsp3) is 0.600.